The lowest BCUT2D eigenvalue weighted by Gasteiger charge is -2.21. The maximum Gasteiger partial charge on any atom is 0.407 e. The van der Waals surface area contributed by atoms with Crippen molar-refractivity contribution in [3.63, 3.8) is 0 Å². The number of carbonyl (C=O) groups excluding carboxylic acids is 1. The summed E-state index contributed by atoms with van der Waals surface area (Å²) in [5.41, 5.74) is 10.5. The number of nitrogens with zero attached hydrogens (tertiary/aromatic N) is 1. The summed E-state index contributed by atoms with van der Waals surface area (Å²) in [6.45, 7) is 0.238. The summed E-state index contributed by atoms with van der Waals surface area (Å²) >= 11 is 1.47. The van der Waals surface area contributed by atoms with E-state index in [-0.39, 0.29) is 18.7 Å². The normalized spacial score (nSPS) is 12.9. The van der Waals surface area contributed by atoms with Gasteiger partial charge in [-0.05, 0) is 36.8 Å². The molecule has 0 saturated carbocycles. The van der Waals surface area contributed by atoms with E-state index in [9.17, 15) is 4.79 Å². The number of amides is 1. The minimum Gasteiger partial charge on any atom is -0.444 e. The van der Waals surface area contributed by atoms with Crippen molar-refractivity contribution in [3.05, 3.63) is 88.4 Å². The predicted octanol–water partition coefficient (Wildman–Crippen LogP) is 4.33. The number of aromatic nitrogens is 1. The Bertz CT molecular complexity index is 841. The lowest BCUT2D eigenvalue weighted by molar-refractivity contribution is 0.135. The van der Waals surface area contributed by atoms with Gasteiger partial charge in [-0.15, -0.1) is 11.3 Å². The predicted molar refractivity (Wildman–Crippen MR) is 117 cm³/mol. The Labute approximate surface area is 175 Å². The highest BCUT2D eigenvalue weighted by Crippen LogP contribution is 2.13. The van der Waals surface area contributed by atoms with Crippen LogP contribution in [0.1, 0.15) is 28.8 Å². The van der Waals surface area contributed by atoms with Crippen molar-refractivity contribution >= 4 is 17.4 Å². The quantitative estimate of drug-likeness (QED) is 0.522. The van der Waals surface area contributed by atoms with Gasteiger partial charge in [-0.3, -0.25) is 4.98 Å². The Hall–Kier alpha value is -2.70. The molecule has 0 aliphatic heterocycles. The van der Waals surface area contributed by atoms with E-state index in [1.165, 1.54) is 22.5 Å². The molecule has 0 fully saturated rings. The van der Waals surface area contributed by atoms with Gasteiger partial charge in [0.2, 0.25) is 0 Å². The van der Waals surface area contributed by atoms with E-state index >= 15 is 0 Å². The number of nitrogens with two attached hydrogens (primary N) is 1. The molecular weight excluding hydrogens is 382 g/mol. The van der Waals surface area contributed by atoms with Crippen molar-refractivity contribution in [1.29, 1.82) is 0 Å². The van der Waals surface area contributed by atoms with Crippen LogP contribution < -0.4 is 11.1 Å². The SMILES string of the molecule is NC(CC[C@@H](Cc1ccccc1)NC(=O)OCc1cncs1)Cc1ccccc1. The maximum atomic E-state index is 12.3. The van der Waals surface area contributed by atoms with Gasteiger partial charge in [-0.2, -0.15) is 0 Å². The van der Waals surface area contributed by atoms with Crippen LogP contribution in [0.4, 0.5) is 4.79 Å². The molecule has 29 heavy (non-hydrogen) atoms. The van der Waals surface area contributed by atoms with Gasteiger partial charge >= 0.3 is 6.09 Å². The second kappa shape index (κ2) is 11.3. The molecule has 2 atom stereocenters. The highest BCUT2D eigenvalue weighted by Gasteiger charge is 2.16. The van der Waals surface area contributed by atoms with Crippen LogP contribution in [0.2, 0.25) is 0 Å². The smallest absolute Gasteiger partial charge is 0.407 e. The lowest BCUT2D eigenvalue weighted by Crippen LogP contribution is -2.38. The van der Waals surface area contributed by atoms with Gasteiger partial charge in [0.15, 0.2) is 0 Å². The molecule has 1 amide bonds. The molecule has 0 aliphatic rings. The van der Waals surface area contributed by atoms with E-state index in [4.69, 9.17) is 10.5 Å². The molecular formula is C23H27N3O2S. The Balaban J connectivity index is 1.52. The van der Waals surface area contributed by atoms with E-state index in [1.807, 2.05) is 36.4 Å². The van der Waals surface area contributed by atoms with E-state index in [2.05, 4.69) is 34.6 Å². The van der Waals surface area contributed by atoms with Crippen molar-refractivity contribution in [2.75, 3.05) is 0 Å². The van der Waals surface area contributed by atoms with Crippen molar-refractivity contribution in [2.45, 2.75) is 44.4 Å². The van der Waals surface area contributed by atoms with Crippen LogP contribution in [0, 0.1) is 0 Å². The maximum absolute atomic E-state index is 12.3. The fourth-order valence-electron chi connectivity index (χ4n) is 3.22. The van der Waals surface area contributed by atoms with E-state index in [0.717, 1.165) is 30.6 Å². The first-order chi connectivity index (χ1) is 14.2. The summed E-state index contributed by atoms with van der Waals surface area (Å²) in [5, 5.41) is 3.01. The number of nitrogens with one attached hydrogen (secondary N) is 1. The summed E-state index contributed by atoms with van der Waals surface area (Å²) in [7, 11) is 0. The summed E-state index contributed by atoms with van der Waals surface area (Å²) in [6.07, 6.45) is 4.49. The fraction of sp³-hybridized carbons (Fsp3) is 0.304. The number of benzene rings is 2. The second-order valence-electron chi connectivity index (χ2n) is 7.10. The van der Waals surface area contributed by atoms with Crippen LogP contribution in [0.25, 0.3) is 0 Å². The number of hydrogen-bond acceptors (Lipinski definition) is 5. The molecule has 3 N–H and O–H groups in total. The highest BCUT2D eigenvalue weighted by atomic mass is 32.1. The Morgan fingerprint density at radius 1 is 1.00 bits per heavy atom. The van der Waals surface area contributed by atoms with Crippen LogP contribution >= 0.6 is 11.3 Å². The molecule has 0 aliphatic carbocycles. The zero-order chi connectivity index (χ0) is 20.3. The van der Waals surface area contributed by atoms with E-state index in [0.29, 0.717) is 0 Å². The van der Waals surface area contributed by atoms with Gasteiger partial charge in [-0.25, -0.2) is 4.79 Å². The van der Waals surface area contributed by atoms with Crippen LogP contribution in [0.3, 0.4) is 0 Å². The molecule has 0 saturated heterocycles. The zero-order valence-corrected chi connectivity index (χ0v) is 17.2. The Morgan fingerprint density at radius 2 is 1.66 bits per heavy atom. The average Bonchev–Trinajstić information content (AvgIpc) is 3.26. The topological polar surface area (TPSA) is 77.2 Å². The molecule has 0 radical (unpaired) electrons. The first-order valence-electron chi connectivity index (χ1n) is 9.83. The molecule has 152 valence electrons. The highest BCUT2D eigenvalue weighted by molar-refractivity contribution is 7.09. The lowest BCUT2D eigenvalue weighted by atomic mass is 9.96. The zero-order valence-electron chi connectivity index (χ0n) is 16.4. The summed E-state index contributed by atoms with van der Waals surface area (Å²) < 4.78 is 5.35. The average molecular weight is 410 g/mol. The number of carbonyl (C=O) groups is 1. The van der Waals surface area contributed by atoms with Gasteiger partial charge in [0.05, 0.1) is 10.4 Å². The molecule has 1 heterocycles. The standard InChI is InChI=1S/C23H27N3O2S/c24-20(13-18-7-3-1-4-8-18)11-12-21(14-19-9-5-2-6-10-19)26-23(27)28-16-22-15-25-17-29-22/h1-10,15,17,20-21H,11-14,16,24H2,(H,26,27)/t20?,21-/m0/s1. The molecule has 5 nitrogen and oxygen atoms in total. The summed E-state index contributed by atoms with van der Waals surface area (Å²) in [4.78, 5) is 17.2. The van der Waals surface area contributed by atoms with Crippen molar-refractivity contribution in [3.8, 4) is 0 Å². The molecule has 3 aromatic rings. The number of hydrogen-bond donors (Lipinski definition) is 2. The molecule has 1 unspecified atom stereocenters. The van der Waals surface area contributed by atoms with Crippen molar-refractivity contribution in [2.24, 2.45) is 5.73 Å². The number of rotatable bonds is 10. The summed E-state index contributed by atoms with van der Waals surface area (Å²) in [6, 6.07) is 20.4. The van der Waals surface area contributed by atoms with Crippen LogP contribution in [0.15, 0.2) is 72.4 Å². The second-order valence-corrected chi connectivity index (χ2v) is 8.07. The Morgan fingerprint density at radius 3 is 2.28 bits per heavy atom. The molecule has 3 rings (SSSR count). The number of alkyl carbamates (subject to hydrolysis) is 1. The van der Waals surface area contributed by atoms with Gasteiger partial charge in [0.1, 0.15) is 6.61 Å². The molecule has 2 aromatic carbocycles. The molecule has 0 bridgehead atoms. The molecule has 0 spiro atoms. The van der Waals surface area contributed by atoms with Crippen molar-refractivity contribution in [1.82, 2.24) is 10.3 Å². The first-order valence-corrected chi connectivity index (χ1v) is 10.7. The van der Waals surface area contributed by atoms with Crippen LogP contribution in [-0.2, 0) is 24.2 Å². The Kier molecular flexibility index (Phi) is 8.22. The first kappa shape index (κ1) is 21.0. The minimum absolute atomic E-state index is 0.0341. The third-order valence-corrected chi connectivity index (χ3v) is 5.46. The van der Waals surface area contributed by atoms with Crippen molar-refractivity contribution < 1.29 is 9.53 Å². The molecule has 1 aromatic heterocycles. The number of thiazole rings is 1. The number of ether oxygens (including phenoxy) is 1. The minimum atomic E-state index is -0.407. The van der Waals surface area contributed by atoms with Crippen LogP contribution in [-0.4, -0.2) is 23.2 Å². The third kappa shape index (κ3) is 7.68. The van der Waals surface area contributed by atoms with E-state index in [1.54, 1.807) is 11.7 Å². The monoisotopic (exact) mass is 409 g/mol. The van der Waals surface area contributed by atoms with Gasteiger partial charge in [0, 0.05) is 18.3 Å². The van der Waals surface area contributed by atoms with Crippen LogP contribution in [0.5, 0.6) is 0 Å². The largest absolute Gasteiger partial charge is 0.444 e. The van der Waals surface area contributed by atoms with Gasteiger partial charge in [-0.1, -0.05) is 60.7 Å². The third-order valence-electron chi connectivity index (χ3n) is 4.70. The van der Waals surface area contributed by atoms with Gasteiger partial charge in [0.25, 0.3) is 0 Å². The van der Waals surface area contributed by atoms with Gasteiger partial charge < -0.3 is 15.8 Å². The summed E-state index contributed by atoms with van der Waals surface area (Å²) in [5.74, 6) is 0. The molecule has 6 heteroatoms. The fourth-order valence-corrected chi connectivity index (χ4v) is 3.72. The van der Waals surface area contributed by atoms with E-state index < -0.39 is 6.09 Å².